The number of rotatable bonds is 2. The number of carbonyl (C=O) groups excluding carboxylic acids is 1. The second-order valence-corrected chi connectivity index (χ2v) is 6.38. The zero-order valence-electron chi connectivity index (χ0n) is 14.5. The summed E-state index contributed by atoms with van der Waals surface area (Å²) in [6.07, 6.45) is 0. The van der Waals surface area contributed by atoms with Crippen LogP contribution in [-0.2, 0) is 4.74 Å². The normalized spacial score (nSPS) is 18.0. The van der Waals surface area contributed by atoms with E-state index in [-0.39, 0.29) is 11.9 Å². The molecule has 1 fully saturated rings. The summed E-state index contributed by atoms with van der Waals surface area (Å²) in [4.78, 5) is 18.2. The van der Waals surface area contributed by atoms with E-state index in [1.807, 2.05) is 25.1 Å². The number of aromatic amines is 1. The molecule has 1 aliphatic heterocycles. The molecular weight excluding hydrogens is 320 g/mol. The van der Waals surface area contributed by atoms with Crippen LogP contribution in [0.3, 0.4) is 0 Å². The van der Waals surface area contributed by atoms with Gasteiger partial charge < -0.3 is 19.0 Å². The summed E-state index contributed by atoms with van der Waals surface area (Å²) in [5.74, 6) is 0.845. The molecule has 4 rings (SSSR count). The standard InChI is InChI=1S/C18H20N4O3/c1-10-11(2)19-15-5-4-13(8-14(10)15)18(23)22-6-7-24-9-16(22)17-21-20-12(3)25-17/h4-5,8,16,19H,6-7,9H2,1-3H3/t16-/m0/s1. The van der Waals surface area contributed by atoms with Crippen molar-refractivity contribution in [2.75, 3.05) is 19.8 Å². The van der Waals surface area contributed by atoms with Crippen molar-refractivity contribution in [2.24, 2.45) is 0 Å². The molecule has 0 spiro atoms. The third-order valence-electron chi connectivity index (χ3n) is 4.77. The van der Waals surface area contributed by atoms with E-state index >= 15 is 0 Å². The van der Waals surface area contributed by atoms with Gasteiger partial charge in [-0.25, -0.2) is 0 Å². The molecule has 1 saturated heterocycles. The minimum atomic E-state index is -0.354. The van der Waals surface area contributed by atoms with Crippen molar-refractivity contribution in [2.45, 2.75) is 26.8 Å². The molecule has 0 bridgehead atoms. The molecular formula is C18H20N4O3. The fraction of sp³-hybridized carbons (Fsp3) is 0.389. The lowest BCUT2D eigenvalue weighted by molar-refractivity contribution is -0.0106. The van der Waals surface area contributed by atoms with Gasteiger partial charge >= 0.3 is 0 Å². The molecule has 0 radical (unpaired) electrons. The Morgan fingerprint density at radius 1 is 1.28 bits per heavy atom. The van der Waals surface area contributed by atoms with E-state index in [0.717, 1.165) is 22.2 Å². The lowest BCUT2D eigenvalue weighted by atomic mass is 10.1. The second kappa shape index (κ2) is 6.00. The Balaban J connectivity index is 1.69. The Morgan fingerprint density at radius 3 is 2.88 bits per heavy atom. The molecule has 7 heteroatoms. The van der Waals surface area contributed by atoms with Crippen LogP contribution in [0.15, 0.2) is 22.6 Å². The third kappa shape index (κ3) is 2.70. The predicted octanol–water partition coefficient (Wildman–Crippen LogP) is 2.69. The van der Waals surface area contributed by atoms with Gasteiger partial charge in [0.2, 0.25) is 11.8 Å². The van der Waals surface area contributed by atoms with Crippen LogP contribution in [0.4, 0.5) is 0 Å². The largest absolute Gasteiger partial charge is 0.423 e. The molecule has 2 aromatic heterocycles. The van der Waals surface area contributed by atoms with Crippen molar-refractivity contribution in [3.8, 4) is 0 Å². The van der Waals surface area contributed by atoms with Crippen LogP contribution in [0, 0.1) is 20.8 Å². The zero-order chi connectivity index (χ0) is 17.6. The van der Waals surface area contributed by atoms with Crippen molar-refractivity contribution in [1.82, 2.24) is 20.1 Å². The highest BCUT2D eigenvalue weighted by molar-refractivity contribution is 5.99. The fourth-order valence-corrected chi connectivity index (χ4v) is 3.26. The average Bonchev–Trinajstić information content (AvgIpc) is 3.18. The fourth-order valence-electron chi connectivity index (χ4n) is 3.26. The maximum Gasteiger partial charge on any atom is 0.254 e. The molecule has 0 unspecified atom stereocenters. The molecule has 0 aliphatic carbocycles. The van der Waals surface area contributed by atoms with Gasteiger partial charge in [0.1, 0.15) is 6.04 Å². The topological polar surface area (TPSA) is 84.3 Å². The lowest BCUT2D eigenvalue weighted by Gasteiger charge is -2.33. The number of nitrogens with zero attached hydrogens (tertiary/aromatic N) is 3. The van der Waals surface area contributed by atoms with E-state index in [4.69, 9.17) is 9.15 Å². The molecule has 130 valence electrons. The Labute approximate surface area is 145 Å². The van der Waals surface area contributed by atoms with E-state index in [0.29, 0.717) is 37.1 Å². The maximum absolute atomic E-state index is 13.1. The number of ether oxygens (including phenoxy) is 1. The van der Waals surface area contributed by atoms with Gasteiger partial charge in [-0.15, -0.1) is 10.2 Å². The number of nitrogens with one attached hydrogen (secondary N) is 1. The summed E-state index contributed by atoms with van der Waals surface area (Å²) in [7, 11) is 0. The van der Waals surface area contributed by atoms with Gasteiger partial charge in [0.25, 0.3) is 5.91 Å². The van der Waals surface area contributed by atoms with Crippen LogP contribution in [0.1, 0.15) is 39.4 Å². The second-order valence-electron chi connectivity index (χ2n) is 6.38. The molecule has 1 aromatic carbocycles. The number of amides is 1. The molecule has 1 aliphatic rings. The minimum Gasteiger partial charge on any atom is -0.423 e. The Bertz CT molecular complexity index is 943. The van der Waals surface area contributed by atoms with Gasteiger partial charge in [0.05, 0.1) is 13.2 Å². The van der Waals surface area contributed by atoms with Crippen molar-refractivity contribution in [1.29, 1.82) is 0 Å². The number of morpholine rings is 1. The van der Waals surface area contributed by atoms with E-state index in [1.165, 1.54) is 0 Å². The molecule has 25 heavy (non-hydrogen) atoms. The highest BCUT2D eigenvalue weighted by Gasteiger charge is 2.33. The molecule has 1 N–H and O–H groups in total. The Morgan fingerprint density at radius 2 is 2.12 bits per heavy atom. The van der Waals surface area contributed by atoms with Crippen LogP contribution < -0.4 is 0 Å². The monoisotopic (exact) mass is 340 g/mol. The summed E-state index contributed by atoms with van der Waals surface area (Å²) < 4.78 is 11.1. The highest BCUT2D eigenvalue weighted by Crippen LogP contribution is 2.27. The molecule has 3 heterocycles. The van der Waals surface area contributed by atoms with Gasteiger partial charge in [0.15, 0.2) is 0 Å². The third-order valence-corrected chi connectivity index (χ3v) is 4.77. The molecule has 3 aromatic rings. The van der Waals surface area contributed by atoms with E-state index in [1.54, 1.807) is 11.8 Å². The quantitative estimate of drug-likeness (QED) is 0.775. The molecule has 7 nitrogen and oxygen atoms in total. The molecule has 0 saturated carbocycles. The first-order valence-electron chi connectivity index (χ1n) is 8.32. The van der Waals surface area contributed by atoms with E-state index in [2.05, 4.69) is 22.1 Å². The van der Waals surface area contributed by atoms with Crippen LogP contribution in [0.2, 0.25) is 0 Å². The van der Waals surface area contributed by atoms with Crippen LogP contribution in [0.5, 0.6) is 0 Å². The van der Waals surface area contributed by atoms with Crippen molar-refractivity contribution in [3.63, 3.8) is 0 Å². The number of H-pyrrole nitrogens is 1. The number of aromatic nitrogens is 3. The number of carbonyl (C=O) groups is 1. The zero-order valence-corrected chi connectivity index (χ0v) is 14.5. The molecule has 1 amide bonds. The minimum absolute atomic E-state index is 0.0516. The van der Waals surface area contributed by atoms with Crippen molar-refractivity contribution in [3.05, 3.63) is 46.8 Å². The Hall–Kier alpha value is -2.67. The maximum atomic E-state index is 13.1. The summed E-state index contributed by atoms with van der Waals surface area (Å²) in [6, 6.07) is 5.40. The lowest BCUT2D eigenvalue weighted by Crippen LogP contribution is -2.43. The van der Waals surface area contributed by atoms with Gasteiger partial charge in [-0.3, -0.25) is 4.79 Å². The van der Waals surface area contributed by atoms with Gasteiger partial charge in [0, 0.05) is 35.6 Å². The van der Waals surface area contributed by atoms with Crippen molar-refractivity contribution >= 4 is 16.8 Å². The van der Waals surface area contributed by atoms with Crippen LogP contribution >= 0.6 is 0 Å². The summed E-state index contributed by atoms with van der Waals surface area (Å²) in [5, 5.41) is 9.01. The van der Waals surface area contributed by atoms with Gasteiger partial charge in [-0.1, -0.05) is 0 Å². The van der Waals surface area contributed by atoms with Gasteiger partial charge in [-0.2, -0.15) is 0 Å². The first-order chi connectivity index (χ1) is 12.0. The predicted molar refractivity (Wildman–Crippen MR) is 91.4 cm³/mol. The van der Waals surface area contributed by atoms with Crippen molar-refractivity contribution < 1.29 is 13.9 Å². The number of hydrogen-bond donors (Lipinski definition) is 1. The number of fused-ring (bicyclic) bond motifs is 1. The number of hydrogen-bond acceptors (Lipinski definition) is 5. The van der Waals surface area contributed by atoms with E-state index < -0.39 is 0 Å². The smallest absolute Gasteiger partial charge is 0.254 e. The molecule has 1 atom stereocenters. The highest BCUT2D eigenvalue weighted by atomic mass is 16.5. The van der Waals surface area contributed by atoms with E-state index in [9.17, 15) is 4.79 Å². The summed E-state index contributed by atoms with van der Waals surface area (Å²) in [6.45, 7) is 7.18. The first kappa shape index (κ1) is 15.8. The number of aryl methyl sites for hydroxylation is 3. The first-order valence-corrected chi connectivity index (χ1v) is 8.32. The Kier molecular flexibility index (Phi) is 3.80. The summed E-state index contributed by atoms with van der Waals surface area (Å²) in [5.41, 5.74) is 3.97. The summed E-state index contributed by atoms with van der Waals surface area (Å²) >= 11 is 0. The average molecular weight is 340 g/mol. The van der Waals surface area contributed by atoms with Gasteiger partial charge in [-0.05, 0) is 37.6 Å². The number of benzene rings is 1. The van der Waals surface area contributed by atoms with Crippen LogP contribution in [0.25, 0.3) is 10.9 Å². The van der Waals surface area contributed by atoms with Crippen LogP contribution in [-0.4, -0.2) is 45.7 Å². The SMILES string of the molecule is Cc1nnc([C@@H]2COCCN2C(=O)c2ccc3[nH]c(C)c(C)c3c2)o1.